The van der Waals surface area contributed by atoms with Crippen molar-refractivity contribution in [2.24, 2.45) is 0 Å². The summed E-state index contributed by atoms with van der Waals surface area (Å²) in [4.78, 5) is 12.4. The highest BCUT2D eigenvalue weighted by molar-refractivity contribution is 5.76. The Hall–Kier alpha value is -1.65. The molecule has 0 saturated heterocycles. The molecule has 4 heteroatoms. The molecule has 0 radical (unpaired) electrons. The predicted octanol–water partition coefficient (Wildman–Crippen LogP) is 14.0. The fourth-order valence-electron chi connectivity index (χ4n) is 6.56. The van der Waals surface area contributed by atoms with Gasteiger partial charge < -0.3 is 15.5 Å². The zero-order valence-electron chi connectivity index (χ0n) is 34.1. The van der Waals surface area contributed by atoms with E-state index in [1.807, 2.05) is 6.08 Å². The Balaban J connectivity index is 3.63. The molecule has 0 fully saturated rings. The van der Waals surface area contributed by atoms with E-state index < -0.39 is 12.1 Å². The average molecular weight is 714 g/mol. The van der Waals surface area contributed by atoms with Crippen LogP contribution >= 0.6 is 0 Å². The number of unbranched alkanes of at least 4 members (excludes halogenated alkanes) is 27. The van der Waals surface area contributed by atoms with Crippen molar-refractivity contribution in [3.8, 4) is 0 Å². The third-order valence-corrected chi connectivity index (χ3v) is 10.0. The van der Waals surface area contributed by atoms with Gasteiger partial charge in [0.25, 0.3) is 0 Å². The molecule has 0 aliphatic carbocycles. The Labute approximate surface area is 318 Å². The minimum atomic E-state index is -0.871. The van der Waals surface area contributed by atoms with Crippen molar-refractivity contribution in [1.29, 1.82) is 0 Å². The van der Waals surface area contributed by atoms with Gasteiger partial charge in [-0.2, -0.15) is 0 Å². The van der Waals surface area contributed by atoms with Crippen molar-refractivity contribution < 1.29 is 15.0 Å². The summed E-state index contributed by atoms with van der Waals surface area (Å²) in [5.74, 6) is -0.0826. The minimum absolute atomic E-state index is 0.0826. The van der Waals surface area contributed by atoms with E-state index in [0.717, 1.165) is 38.5 Å². The van der Waals surface area contributed by atoms with E-state index in [9.17, 15) is 15.0 Å². The van der Waals surface area contributed by atoms with Gasteiger partial charge in [0.15, 0.2) is 0 Å². The number of hydrogen-bond acceptors (Lipinski definition) is 3. The van der Waals surface area contributed by atoms with Crippen molar-refractivity contribution >= 4 is 5.91 Å². The normalized spacial score (nSPS) is 13.4. The Kier molecular flexibility index (Phi) is 41.4. The second-order valence-corrected chi connectivity index (χ2v) is 15.1. The quantitative estimate of drug-likeness (QED) is 0.0437. The van der Waals surface area contributed by atoms with Gasteiger partial charge >= 0.3 is 0 Å². The van der Waals surface area contributed by atoms with Crippen molar-refractivity contribution in [2.45, 2.75) is 238 Å². The van der Waals surface area contributed by atoms with E-state index in [4.69, 9.17) is 0 Å². The lowest BCUT2D eigenvalue weighted by atomic mass is 10.0. The summed E-state index contributed by atoms with van der Waals surface area (Å²) in [6.07, 6.45) is 57.9. The number of carbonyl (C=O) groups is 1. The van der Waals surface area contributed by atoms with Gasteiger partial charge in [-0.05, 0) is 70.6 Å². The van der Waals surface area contributed by atoms with Crippen molar-refractivity contribution in [3.05, 3.63) is 48.6 Å². The molecule has 0 saturated carbocycles. The van der Waals surface area contributed by atoms with Gasteiger partial charge in [0.2, 0.25) is 5.91 Å². The first-order valence-electron chi connectivity index (χ1n) is 22.4. The molecule has 2 atom stereocenters. The maximum atomic E-state index is 12.4. The van der Waals surface area contributed by atoms with Crippen LogP contribution in [0.1, 0.15) is 226 Å². The second-order valence-electron chi connectivity index (χ2n) is 15.1. The summed E-state index contributed by atoms with van der Waals surface area (Å²) >= 11 is 0. The largest absolute Gasteiger partial charge is 0.394 e. The monoisotopic (exact) mass is 714 g/mol. The fourth-order valence-corrected chi connectivity index (χ4v) is 6.56. The van der Waals surface area contributed by atoms with E-state index >= 15 is 0 Å². The highest BCUT2D eigenvalue weighted by Gasteiger charge is 2.17. The van der Waals surface area contributed by atoms with Crippen LogP contribution in [-0.4, -0.2) is 34.9 Å². The Bertz CT molecular complexity index is 816. The molecule has 51 heavy (non-hydrogen) atoms. The molecule has 1 amide bonds. The first-order valence-corrected chi connectivity index (χ1v) is 22.4. The zero-order chi connectivity index (χ0) is 37.1. The fraction of sp³-hybridized carbons (Fsp3) is 0.809. The molecular formula is C47H87NO3. The number of carbonyl (C=O) groups excluding carboxylic acids is 1. The summed E-state index contributed by atoms with van der Waals surface area (Å²) in [6, 6.07) is -0.647. The molecule has 0 spiro atoms. The first kappa shape index (κ1) is 49.4. The van der Waals surface area contributed by atoms with Crippen molar-refractivity contribution in [2.75, 3.05) is 6.61 Å². The van der Waals surface area contributed by atoms with Crippen LogP contribution in [0.4, 0.5) is 0 Å². The predicted molar refractivity (Wildman–Crippen MR) is 225 cm³/mol. The molecule has 0 heterocycles. The van der Waals surface area contributed by atoms with E-state index in [0.29, 0.717) is 6.42 Å². The maximum Gasteiger partial charge on any atom is 0.220 e. The molecule has 0 aromatic rings. The van der Waals surface area contributed by atoms with Gasteiger partial charge in [-0.25, -0.2) is 0 Å². The molecule has 4 nitrogen and oxygen atoms in total. The van der Waals surface area contributed by atoms with Crippen LogP contribution in [0.15, 0.2) is 48.6 Å². The SMILES string of the molecule is CCCCCCCCC/C=C/CC/C=C/CC/C=C/C(O)C(CO)NC(=O)CCCCCCCCC/C=C\CCCCCCCCCCCCC. The highest BCUT2D eigenvalue weighted by Crippen LogP contribution is 2.14. The molecular weight excluding hydrogens is 627 g/mol. The topological polar surface area (TPSA) is 69.6 Å². The molecule has 2 unspecified atom stereocenters. The molecule has 298 valence electrons. The van der Waals surface area contributed by atoms with E-state index in [-0.39, 0.29) is 12.5 Å². The lowest BCUT2D eigenvalue weighted by molar-refractivity contribution is -0.123. The van der Waals surface area contributed by atoms with Crippen LogP contribution in [0, 0.1) is 0 Å². The molecule has 0 aromatic heterocycles. The van der Waals surface area contributed by atoms with E-state index in [2.05, 4.69) is 55.6 Å². The van der Waals surface area contributed by atoms with Crippen LogP contribution in [-0.2, 0) is 4.79 Å². The van der Waals surface area contributed by atoms with Crippen LogP contribution in [0.2, 0.25) is 0 Å². The van der Waals surface area contributed by atoms with Crippen LogP contribution in [0.5, 0.6) is 0 Å². The van der Waals surface area contributed by atoms with E-state index in [1.165, 1.54) is 167 Å². The summed E-state index contributed by atoms with van der Waals surface area (Å²) in [5, 5.41) is 23.0. The molecule has 0 aromatic carbocycles. The molecule has 0 rings (SSSR count). The molecule has 0 bridgehead atoms. The Morgan fingerprint density at radius 3 is 1.14 bits per heavy atom. The third-order valence-electron chi connectivity index (χ3n) is 10.0. The standard InChI is InChI=1S/C47H87NO3/c1-3-5-7-9-11-13-15-17-19-21-22-23-24-25-27-29-31-33-35-37-39-41-43-47(51)48-45(44-49)46(50)42-40-38-36-34-32-30-28-26-20-18-16-14-12-10-8-6-4-2/h20,24-26,32,34,40,42,45-46,49-50H,3-19,21-23,27-31,33,35-39,41,43-44H2,1-2H3,(H,48,51)/b25-24-,26-20+,34-32+,42-40+. The van der Waals surface area contributed by atoms with Gasteiger partial charge in [-0.3, -0.25) is 4.79 Å². The lowest BCUT2D eigenvalue weighted by Gasteiger charge is -2.19. The van der Waals surface area contributed by atoms with E-state index in [1.54, 1.807) is 6.08 Å². The number of aliphatic hydroxyl groups excluding tert-OH is 2. The Morgan fingerprint density at radius 1 is 0.451 bits per heavy atom. The van der Waals surface area contributed by atoms with Gasteiger partial charge in [0.05, 0.1) is 18.8 Å². The van der Waals surface area contributed by atoms with Crippen LogP contribution in [0.25, 0.3) is 0 Å². The van der Waals surface area contributed by atoms with Gasteiger partial charge in [0.1, 0.15) is 0 Å². The van der Waals surface area contributed by atoms with Gasteiger partial charge in [-0.1, -0.05) is 197 Å². The lowest BCUT2D eigenvalue weighted by Crippen LogP contribution is -2.45. The van der Waals surface area contributed by atoms with Crippen LogP contribution < -0.4 is 5.32 Å². The number of allylic oxidation sites excluding steroid dienone is 7. The second kappa shape index (κ2) is 42.8. The van der Waals surface area contributed by atoms with Crippen molar-refractivity contribution in [3.63, 3.8) is 0 Å². The average Bonchev–Trinajstić information content (AvgIpc) is 3.13. The number of rotatable bonds is 40. The number of hydrogen-bond donors (Lipinski definition) is 3. The third kappa shape index (κ3) is 39.4. The summed E-state index contributed by atoms with van der Waals surface area (Å²) < 4.78 is 0. The smallest absolute Gasteiger partial charge is 0.220 e. The van der Waals surface area contributed by atoms with Crippen molar-refractivity contribution in [1.82, 2.24) is 5.32 Å². The zero-order valence-corrected chi connectivity index (χ0v) is 34.1. The summed E-state index contributed by atoms with van der Waals surface area (Å²) in [6.45, 7) is 4.29. The number of amides is 1. The summed E-state index contributed by atoms with van der Waals surface area (Å²) in [5.41, 5.74) is 0. The summed E-state index contributed by atoms with van der Waals surface area (Å²) in [7, 11) is 0. The number of nitrogens with one attached hydrogen (secondary N) is 1. The highest BCUT2D eigenvalue weighted by atomic mass is 16.3. The van der Waals surface area contributed by atoms with Gasteiger partial charge in [-0.15, -0.1) is 0 Å². The molecule has 0 aliphatic rings. The Morgan fingerprint density at radius 2 is 0.765 bits per heavy atom. The first-order chi connectivity index (χ1) is 25.2. The molecule has 0 aliphatic heterocycles. The molecule has 3 N–H and O–H groups in total. The minimum Gasteiger partial charge on any atom is -0.394 e. The maximum absolute atomic E-state index is 12.4. The number of aliphatic hydroxyl groups is 2. The van der Waals surface area contributed by atoms with Gasteiger partial charge in [0, 0.05) is 6.42 Å². The van der Waals surface area contributed by atoms with Crippen LogP contribution in [0.3, 0.4) is 0 Å².